The summed E-state index contributed by atoms with van der Waals surface area (Å²) in [7, 11) is 0. The molecule has 2 aliphatic rings. The van der Waals surface area contributed by atoms with Gasteiger partial charge in [-0.25, -0.2) is 0 Å². The van der Waals surface area contributed by atoms with Gasteiger partial charge in [0.15, 0.2) is 5.78 Å². The largest absolute Gasteiger partial charge is 0.490 e. The van der Waals surface area contributed by atoms with Crippen LogP contribution in [0.15, 0.2) is 23.5 Å². The van der Waals surface area contributed by atoms with Crippen LogP contribution in [0.4, 0.5) is 0 Å². The number of rotatable bonds is 1. The van der Waals surface area contributed by atoms with E-state index in [-0.39, 0.29) is 17.3 Å². The molecule has 0 aromatic carbocycles. The lowest BCUT2D eigenvalue weighted by Gasteiger charge is -2.28. The zero-order valence-electron chi connectivity index (χ0n) is 9.72. The van der Waals surface area contributed by atoms with Crippen molar-refractivity contribution in [3.63, 3.8) is 0 Å². The third kappa shape index (κ3) is 1.85. The zero-order chi connectivity index (χ0) is 11.2. The van der Waals surface area contributed by atoms with Gasteiger partial charge in [-0.2, -0.15) is 0 Å². The van der Waals surface area contributed by atoms with E-state index in [1.165, 1.54) is 0 Å². The molecule has 15 heavy (non-hydrogen) atoms. The molecule has 0 amide bonds. The Labute approximate surface area is 91.0 Å². The van der Waals surface area contributed by atoms with Crippen LogP contribution in [-0.4, -0.2) is 11.9 Å². The van der Waals surface area contributed by atoms with Gasteiger partial charge in [-0.3, -0.25) is 4.79 Å². The Morgan fingerprint density at radius 3 is 2.73 bits per heavy atom. The van der Waals surface area contributed by atoms with Crippen molar-refractivity contribution in [2.24, 2.45) is 5.41 Å². The fourth-order valence-electron chi connectivity index (χ4n) is 2.31. The van der Waals surface area contributed by atoms with Gasteiger partial charge in [0.1, 0.15) is 11.9 Å². The van der Waals surface area contributed by atoms with Gasteiger partial charge in [0.05, 0.1) is 0 Å². The highest BCUT2D eigenvalue weighted by atomic mass is 16.5. The topological polar surface area (TPSA) is 26.3 Å². The highest BCUT2D eigenvalue weighted by Gasteiger charge is 2.39. The maximum Gasteiger partial charge on any atom is 0.162 e. The molecule has 1 unspecified atom stereocenters. The van der Waals surface area contributed by atoms with E-state index in [1.807, 2.05) is 6.92 Å². The Bertz CT molecular complexity index is 361. The number of carbonyl (C=O) groups excluding carboxylic acids is 1. The number of carbonyl (C=O) groups is 1. The molecule has 2 rings (SSSR count). The van der Waals surface area contributed by atoms with Crippen molar-refractivity contribution in [1.82, 2.24) is 0 Å². The molecule has 0 saturated heterocycles. The summed E-state index contributed by atoms with van der Waals surface area (Å²) in [4.78, 5) is 11.9. The van der Waals surface area contributed by atoms with Crippen LogP contribution in [0.3, 0.4) is 0 Å². The summed E-state index contributed by atoms with van der Waals surface area (Å²) >= 11 is 0. The van der Waals surface area contributed by atoms with Crippen LogP contribution in [0.1, 0.15) is 40.0 Å². The molecule has 2 nitrogen and oxygen atoms in total. The second kappa shape index (κ2) is 3.22. The number of ether oxygens (including phenoxy) is 1. The van der Waals surface area contributed by atoms with Crippen molar-refractivity contribution < 1.29 is 9.53 Å². The average Bonchev–Trinajstić information content (AvgIpc) is 2.45. The first-order valence-corrected chi connectivity index (χ1v) is 5.46. The van der Waals surface area contributed by atoms with E-state index in [0.29, 0.717) is 6.42 Å². The smallest absolute Gasteiger partial charge is 0.162 e. The minimum atomic E-state index is 0.0350. The molecule has 1 aliphatic heterocycles. The molecule has 1 heterocycles. The van der Waals surface area contributed by atoms with Crippen LogP contribution in [0.5, 0.6) is 0 Å². The Hall–Kier alpha value is -1.05. The first-order valence-electron chi connectivity index (χ1n) is 5.46. The van der Waals surface area contributed by atoms with Crippen molar-refractivity contribution in [1.29, 1.82) is 0 Å². The minimum absolute atomic E-state index is 0.0350. The number of Topliss-reactive ketones (excluding diaryl/α,β-unsaturated/α-hetero) is 1. The van der Waals surface area contributed by atoms with Crippen LogP contribution in [0.25, 0.3) is 0 Å². The summed E-state index contributed by atoms with van der Waals surface area (Å²) in [5.74, 6) is 1.19. The van der Waals surface area contributed by atoms with E-state index < -0.39 is 0 Å². The van der Waals surface area contributed by atoms with Crippen LogP contribution in [-0.2, 0) is 9.53 Å². The van der Waals surface area contributed by atoms with Crippen molar-refractivity contribution in [3.8, 4) is 0 Å². The molecule has 0 aromatic rings. The normalized spacial score (nSPS) is 28.7. The van der Waals surface area contributed by atoms with Crippen molar-refractivity contribution >= 4 is 5.78 Å². The Morgan fingerprint density at radius 2 is 2.13 bits per heavy atom. The zero-order valence-corrected chi connectivity index (χ0v) is 9.72. The highest BCUT2D eigenvalue weighted by molar-refractivity contribution is 5.97. The molecule has 1 atom stereocenters. The first-order chi connectivity index (χ1) is 6.89. The summed E-state index contributed by atoms with van der Waals surface area (Å²) in [6, 6.07) is 0. The second-order valence-corrected chi connectivity index (χ2v) is 5.50. The number of hydrogen-bond acceptors (Lipinski definition) is 2. The maximum absolute atomic E-state index is 11.9. The molecule has 82 valence electrons. The fourth-order valence-corrected chi connectivity index (χ4v) is 2.31. The summed E-state index contributed by atoms with van der Waals surface area (Å²) in [5, 5.41) is 0. The minimum Gasteiger partial charge on any atom is -0.490 e. The Balaban J connectivity index is 2.23. The van der Waals surface area contributed by atoms with E-state index in [2.05, 4.69) is 20.4 Å². The fraction of sp³-hybridized carbons (Fsp3) is 0.615. The van der Waals surface area contributed by atoms with Gasteiger partial charge in [-0.05, 0) is 17.9 Å². The lowest BCUT2D eigenvalue weighted by molar-refractivity contribution is -0.118. The van der Waals surface area contributed by atoms with Gasteiger partial charge in [-0.15, -0.1) is 0 Å². The van der Waals surface area contributed by atoms with Gasteiger partial charge in [0.2, 0.25) is 0 Å². The van der Waals surface area contributed by atoms with Crippen LogP contribution < -0.4 is 0 Å². The van der Waals surface area contributed by atoms with E-state index in [4.69, 9.17) is 4.74 Å². The standard InChI is InChI=1S/C13H18O2/c1-8(2)11-5-9-10(14)6-13(3,4)7-12(9)15-11/h11H,1,5-7H2,2-4H3. The van der Waals surface area contributed by atoms with Crippen LogP contribution >= 0.6 is 0 Å². The SMILES string of the molecule is C=C(C)C1CC2=C(CC(C)(C)CC2=O)O1. The molecule has 0 saturated carbocycles. The molecular weight excluding hydrogens is 188 g/mol. The van der Waals surface area contributed by atoms with Gasteiger partial charge >= 0.3 is 0 Å². The van der Waals surface area contributed by atoms with Crippen molar-refractivity contribution in [2.45, 2.75) is 46.1 Å². The molecule has 0 spiro atoms. The predicted octanol–water partition coefficient (Wildman–Crippen LogP) is 2.99. The summed E-state index contributed by atoms with van der Waals surface area (Å²) in [5.41, 5.74) is 1.98. The molecule has 2 heteroatoms. The third-order valence-electron chi connectivity index (χ3n) is 3.18. The highest BCUT2D eigenvalue weighted by Crippen LogP contribution is 2.43. The molecular formula is C13H18O2. The average molecular weight is 206 g/mol. The molecule has 0 bridgehead atoms. The van der Waals surface area contributed by atoms with Gasteiger partial charge in [-0.1, -0.05) is 20.4 Å². The molecule has 0 radical (unpaired) electrons. The Kier molecular flexibility index (Phi) is 2.25. The third-order valence-corrected chi connectivity index (χ3v) is 3.18. The summed E-state index contributed by atoms with van der Waals surface area (Å²) < 4.78 is 5.79. The number of hydrogen-bond donors (Lipinski definition) is 0. The molecule has 0 N–H and O–H groups in total. The van der Waals surface area contributed by atoms with E-state index in [1.54, 1.807) is 0 Å². The lowest BCUT2D eigenvalue weighted by atomic mass is 9.76. The van der Waals surface area contributed by atoms with Crippen LogP contribution in [0.2, 0.25) is 0 Å². The second-order valence-electron chi connectivity index (χ2n) is 5.50. The van der Waals surface area contributed by atoms with E-state index in [0.717, 1.165) is 29.7 Å². The monoisotopic (exact) mass is 206 g/mol. The number of allylic oxidation sites excluding steroid dienone is 1. The van der Waals surface area contributed by atoms with E-state index >= 15 is 0 Å². The number of ketones is 1. The van der Waals surface area contributed by atoms with E-state index in [9.17, 15) is 4.79 Å². The predicted molar refractivity (Wildman–Crippen MR) is 59.4 cm³/mol. The van der Waals surface area contributed by atoms with Gasteiger partial charge in [0, 0.05) is 24.8 Å². The summed E-state index contributed by atoms with van der Waals surface area (Å²) in [6.45, 7) is 10.1. The molecule has 0 aromatic heterocycles. The first kappa shape index (κ1) is 10.5. The van der Waals surface area contributed by atoms with Crippen molar-refractivity contribution in [3.05, 3.63) is 23.5 Å². The van der Waals surface area contributed by atoms with Gasteiger partial charge in [0.25, 0.3) is 0 Å². The summed E-state index contributed by atoms with van der Waals surface area (Å²) in [6.07, 6.45) is 2.31. The quantitative estimate of drug-likeness (QED) is 0.616. The lowest BCUT2D eigenvalue weighted by Crippen LogP contribution is -2.24. The van der Waals surface area contributed by atoms with Crippen molar-refractivity contribution in [2.75, 3.05) is 0 Å². The molecule has 1 aliphatic carbocycles. The van der Waals surface area contributed by atoms with Crippen LogP contribution in [0, 0.1) is 5.41 Å². The Morgan fingerprint density at radius 1 is 1.47 bits per heavy atom. The van der Waals surface area contributed by atoms with Gasteiger partial charge < -0.3 is 4.74 Å². The maximum atomic E-state index is 11.9. The molecule has 0 fully saturated rings.